The van der Waals surface area contributed by atoms with E-state index in [1.54, 1.807) is 29.2 Å². The molecule has 162 valence electrons. The van der Waals surface area contributed by atoms with E-state index in [0.717, 1.165) is 24.9 Å². The fraction of sp³-hybridized carbons (Fsp3) is 0.609. The molecule has 2 aliphatic carbocycles. The molecule has 1 aromatic rings. The second-order valence-corrected chi connectivity index (χ2v) is 8.95. The summed E-state index contributed by atoms with van der Waals surface area (Å²) in [6.45, 7) is 4.26. The second kappa shape index (κ2) is 9.06. The van der Waals surface area contributed by atoms with Crippen LogP contribution in [-0.4, -0.2) is 59.9 Å². The molecule has 2 atom stereocenters. The molecule has 1 aliphatic heterocycles. The number of hydrogen-bond donors (Lipinski definition) is 2. The third kappa shape index (κ3) is 4.94. The molecular formula is C23H32N4O3. The molecule has 0 spiro atoms. The molecule has 4 amide bonds. The molecule has 7 heteroatoms. The van der Waals surface area contributed by atoms with Crippen LogP contribution in [0.1, 0.15) is 55.8 Å². The van der Waals surface area contributed by atoms with Gasteiger partial charge in [-0.3, -0.25) is 9.59 Å². The van der Waals surface area contributed by atoms with Gasteiger partial charge < -0.3 is 20.4 Å². The Labute approximate surface area is 178 Å². The number of carbonyl (C=O) groups excluding carboxylic acids is 3. The molecule has 1 aromatic carbocycles. The van der Waals surface area contributed by atoms with Gasteiger partial charge in [0, 0.05) is 49.4 Å². The van der Waals surface area contributed by atoms with E-state index in [4.69, 9.17) is 0 Å². The van der Waals surface area contributed by atoms with Crippen LogP contribution in [0.4, 0.5) is 10.5 Å². The molecule has 0 bridgehead atoms. The minimum absolute atomic E-state index is 0.000857. The lowest BCUT2D eigenvalue weighted by Crippen LogP contribution is -2.54. The summed E-state index contributed by atoms with van der Waals surface area (Å²) in [6, 6.07) is 7.39. The van der Waals surface area contributed by atoms with Crippen molar-refractivity contribution < 1.29 is 14.4 Å². The van der Waals surface area contributed by atoms with Crippen LogP contribution in [-0.2, 0) is 4.79 Å². The SMILES string of the molecule is CC1CC1C(=O)Nc1ccc(C(=O)N2CCN(C(=O)NC3CCCCC3)CC2)cc1. The van der Waals surface area contributed by atoms with Crippen molar-refractivity contribution in [3.8, 4) is 0 Å². The van der Waals surface area contributed by atoms with Crippen molar-refractivity contribution in [3.63, 3.8) is 0 Å². The predicted molar refractivity (Wildman–Crippen MR) is 115 cm³/mol. The Morgan fingerprint density at radius 3 is 2.10 bits per heavy atom. The van der Waals surface area contributed by atoms with Crippen LogP contribution in [0, 0.1) is 11.8 Å². The van der Waals surface area contributed by atoms with Gasteiger partial charge in [-0.1, -0.05) is 26.2 Å². The average molecular weight is 413 g/mol. The van der Waals surface area contributed by atoms with Gasteiger partial charge in [-0.05, 0) is 49.4 Å². The monoisotopic (exact) mass is 412 g/mol. The molecule has 1 heterocycles. The molecule has 0 radical (unpaired) electrons. The van der Waals surface area contributed by atoms with Crippen molar-refractivity contribution in [2.24, 2.45) is 11.8 Å². The van der Waals surface area contributed by atoms with Gasteiger partial charge in [-0.25, -0.2) is 4.79 Å². The fourth-order valence-corrected chi connectivity index (χ4v) is 4.43. The summed E-state index contributed by atoms with van der Waals surface area (Å²) in [4.78, 5) is 40.9. The van der Waals surface area contributed by atoms with Crippen molar-refractivity contribution in [2.75, 3.05) is 31.5 Å². The third-order valence-corrected chi connectivity index (χ3v) is 6.63. The maximum Gasteiger partial charge on any atom is 0.317 e. The van der Waals surface area contributed by atoms with Crippen LogP contribution in [0.15, 0.2) is 24.3 Å². The van der Waals surface area contributed by atoms with Gasteiger partial charge in [0.05, 0.1) is 0 Å². The van der Waals surface area contributed by atoms with E-state index in [0.29, 0.717) is 43.7 Å². The van der Waals surface area contributed by atoms with Crippen molar-refractivity contribution in [1.82, 2.24) is 15.1 Å². The zero-order chi connectivity index (χ0) is 21.1. The van der Waals surface area contributed by atoms with E-state index in [1.807, 2.05) is 4.90 Å². The molecule has 1 saturated heterocycles. The number of hydrogen-bond acceptors (Lipinski definition) is 3. The molecule has 7 nitrogen and oxygen atoms in total. The van der Waals surface area contributed by atoms with E-state index in [9.17, 15) is 14.4 Å². The van der Waals surface area contributed by atoms with Crippen molar-refractivity contribution in [2.45, 2.75) is 51.5 Å². The number of piperazine rings is 1. The summed E-state index contributed by atoms with van der Waals surface area (Å²) in [5.41, 5.74) is 1.33. The van der Waals surface area contributed by atoms with E-state index in [2.05, 4.69) is 17.6 Å². The molecule has 2 unspecified atom stereocenters. The Hall–Kier alpha value is -2.57. The summed E-state index contributed by atoms with van der Waals surface area (Å²) in [5, 5.41) is 6.07. The van der Waals surface area contributed by atoms with Gasteiger partial charge in [0.25, 0.3) is 5.91 Å². The topological polar surface area (TPSA) is 81.8 Å². The highest BCUT2D eigenvalue weighted by atomic mass is 16.2. The number of nitrogens with zero attached hydrogens (tertiary/aromatic N) is 2. The smallest absolute Gasteiger partial charge is 0.317 e. The lowest BCUT2D eigenvalue weighted by atomic mass is 9.96. The standard InChI is InChI=1S/C23H32N4O3/c1-16-15-20(16)21(28)24-19-9-7-17(8-10-19)22(29)26-11-13-27(14-12-26)23(30)25-18-5-3-2-4-6-18/h7-10,16,18,20H,2-6,11-15H2,1H3,(H,24,28)(H,25,30). The number of rotatable bonds is 4. The number of urea groups is 1. The quantitative estimate of drug-likeness (QED) is 0.797. The van der Waals surface area contributed by atoms with Gasteiger partial charge in [0.15, 0.2) is 0 Å². The summed E-state index contributed by atoms with van der Waals surface area (Å²) in [5.74, 6) is 0.618. The highest BCUT2D eigenvalue weighted by Crippen LogP contribution is 2.38. The van der Waals surface area contributed by atoms with Crippen LogP contribution in [0.25, 0.3) is 0 Å². The Bertz CT molecular complexity index is 780. The molecular weight excluding hydrogens is 380 g/mol. The first kappa shape index (κ1) is 20.7. The predicted octanol–water partition coefficient (Wildman–Crippen LogP) is 3.08. The molecule has 0 aromatic heterocycles. The van der Waals surface area contributed by atoms with Gasteiger partial charge in [0.2, 0.25) is 5.91 Å². The minimum Gasteiger partial charge on any atom is -0.335 e. The number of benzene rings is 1. The maximum atomic E-state index is 12.8. The van der Waals surface area contributed by atoms with Crippen LogP contribution >= 0.6 is 0 Å². The highest BCUT2D eigenvalue weighted by Gasteiger charge is 2.39. The van der Waals surface area contributed by atoms with E-state index in [-0.39, 0.29) is 23.8 Å². The van der Waals surface area contributed by atoms with Crippen molar-refractivity contribution in [1.29, 1.82) is 0 Å². The Morgan fingerprint density at radius 2 is 1.50 bits per heavy atom. The summed E-state index contributed by atoms with van der Waals surface area (Å²) >= 11 is 0. The van der Waals surface area contributed by atoms with Crippen LogP contribution in [0.3, 0.4) is 0 Å². The Balaban J connectivity index is 1.24. The number of carbonyl (C=O) groups is 3. The van der Waals surface area contributed by atoms with Crippen molar-refractivity contribution in [3.05, 3.63) is 29.8 Å². The second-order valence-electron chi connectivity index (χ2n) is 8.95. The fourth-order valence-electron chi connectivity index (χ4n) is 4.43. The normalized spacial score (nSPS) is 24.3. The zero-order valence-corrected chi connectivity index (χ0v) is 17.7. The van der Waals surface area contributed by atoms with Gasteiger partial charge in [-0.2, -0.15) is 0 Å². The van der Waals surface area contributed by atoms with Crippen molar-refractivity contribution >= 4 is 23.5 Å². The van der Waals surface area contributed by atoms with Gasteiger partial charge >= 0.3 is 6.03 Å². The molecule has 2 saturated carbocycles. The van der Waals surface area contributed by atoms with Gasteiger partial charge in [-0.15, -0.1) is 0 Å². The Morgan fingerprint density at radius 1 is 0.900 bits per heavy atom. The first-order chi connectivity index (χ1) is 14.5. The third-order valence-electron chi connectivity index (χ3n) is 6.63. The molecule has 2 N–H and O–H groups in total. The largest absolute Gasteiger partial charge is 0.335 e. The lowest BCUT2D eigenvalue weighted by Gasteiger charge is -2.36. The lowest BCUT2D eigenvalue weighted by molar-refractivity contribution is -0.117. The number of anilines is 1. The summed E-state index contributed by atoms with van der Waals surface area (Å²) < 4.78 is 0. The average Bonchev–Trinajstić information content (AvgIpc) is 3.51. The summed E-state index contributed by atoms with van der Waals surface area (Å²) in [7, 11) is 0. The molecule has 30 heavy (non-hydrogen) atoms. The minimum atomic E-state index is -0.0315. The highest BCUT2D eigenvalue weighted by molar-refractivity contribution is 5.97. The van der Waals surface area contributed by atoms with Crippen LogP contribution in [0.2, 0.25) is 0 Å². The molecule has 3 aliphatic rings. The molecule has 4 rings (SSSR count). The van der Waals surface area contributed by atoms with Crippen LogP contribution < -0.4 is 10.6 Å². The first-order valence-electron chi connectivity index (χ1n) is 11.3. The van der Waals surface area contributed by atoms with Gasteiger partial charge in [0.1, 0.15) is 0 Å². The molecule has 3 fully saturated rings. The van der Waals surface area contributed by atoms with Crippen LogP contribution in [0.5, 0.6) is 0 Å². The number of nitrogens with one attached hydrogen (secondary N) is 2. The summed E-state index contributed by atoms with van der Waals surface area (Å²) in [6.07, 6.45) is 6.73. The maximum absolute atomic E-state index is 12.8. The van der Waals surface area contributed by atoms with E-state index >= 15 is 0 Å². The number of amides is 4. The Kier molecular flexibility index (Phi) is 6.25. The zero-order valence-electron chi connectivity index (χ0n) is 17.7. The van der Waals surface area contributed by atoms with E-state index < -0.39 is 0 Å². The van der Waals surface area contributed by atoms with E-state index in [1.165, 1.54) is 19.3 Å². The first-order valence-corrected chi connectivity index (χ1v) is 11.3.